The van der Waals surface area contributed by atoms with Crippen LogP contribution >= 0.6 is 0 Å². The molecule has 0 spiro atoms. The van der Waals surface area contributed by atoms with E-state index in [4.69, 9.17) is 4.74 Å². The summed E-state index contributed by atoms with van der Waals surface area (Å²) in [6, 6.07) is 0.543. The van der Waals surface area contributed by atoms with E-state index in [1.807, 2.05) is 0 Å². The summed E-state index contributed by atoms with van der Waals surface area (Å²) in [5.74, 6) is 0. The van der Waals surface area contributed by atoms with Crippen molar-refractivity contribution in [1.82, 2.24) is 4.90 Å². The van der Waals surface area contributed by atoms with Crippen LogP contribution in [0.3, 0.4) is 0 Å². The molecule has 102 valence electrons. The monoisotopic (exact) mass is 251 g/mol. The molecule has 3 heteroatoms. The van der Waals surface area contributed by atoms with Crippen LogP contribution in [0, 0.1) is 0 Å². The molecule has 2 heterocycles. The first kappa shape index (κ1) is 12.6. The van der Waals surface area contributed by atoms with Gasteiger partial charge in [0, 0.05) is 11.6 Å². The SMILES string of the molecule is OC[C@@]12CCCN1[C@H](COCC1=CCCC1)CC2. The molecule has 0 radical (unpaired) electrons. The molecule has 3 aliphatic rings. The first-order chi connectivity index (χ1) is 8.84. The van der Waals surface area contributed by atoms with Crippen LogP contribution in [-0.4, -0.2) is 48.0 Å². The molecule has 1 aliphatic carbocycles. The zero-order chi connectivity index (χ0) is 12.4. The number of allylic oxidation sites excluding steroid dienone is 1. The van der Waals surface area contributed by atoms with E-state index in [0.717, 1.165) is 26.2 Å². The van der Waals surface area contributed by atoms with E-state index in [-0.39, 0.29) is 5.54 Å². The van der Waals surface area contributed by atoms with Crippen molar-refractivity contribution in [2.75, 3.05) is 26.4 Å². The second-order valence-corrected chi connectivity index (χ2v) is 6.14. The number of fused-ring (bicyclic) bond motifs is 1. The highest BCUT2D eigenvalue weighted by atomic mass is 16.5. The van der Waals surface area contributed by atoms with Gasteiger partial charge in [0.1, 0.15) is 0 Å². The van der Waals surface area contributed by atoms with E-state index in [1.165, 1.54) is 44.1 Å². The molecule has 0 saturated carbocycles. The Balaban J connectivity index is 1.49. The fourth-order valence-corrected chi connectivity index (χ4v) is 4.01. The summed E-state index contributed by atoms with van der Waals surface area (Å²) < 4.78 is 5.91. The highest BCUT2D eigenvalue weighted by Crippen LogP contribution is 2.42. The molecule has 0 aromatic heterocycles. The van der Waals surface area contributed by atoms with E-state index >= 15 is 0 Å². The van der Waals surface area contributed by atoms with Crippen LogP contribution in [0.15, 0.2) is 11.6 Å². The van der Waals surface area contributed by atoms with Gasteiger partial charge >= 0.3 is 0 Å². The fourth-order valence-electron chi connectivity index (χ4n) is 4.01. The lowest BCUT2D eigenvalue weighted by molar-refractivity contribution is 0.0385. The molecule has 0 unspecified atom stereocenters. The Kier molecular flexibility index (Phi) is 3.73. The number of ether oxygens (including phenoxy) is 1. The smallest absolute Gasteiger partial charge is 0.0677 e. The second-order valence-electron chi connectivity index (χ2n) is 6.14. The van der Waals surface area contributed by atoms with Gasteiger partial charge < -0.3 is 9.84 Å². The minimum Gasteiger partial charge on any atom is -0.394 e. The number of aliphatic hydroxyl groups excluding tert-OH is 1. The number of rotatable bonds is 5. The third-order valence-corrected chi connectivity index (χ3v) is 5.06. The molecule has 2 saturated heterocycles. The minimum atomic E-state index is 0.112. The second kappa shape index (κ2) is 5.32. The Labute approximate surface area is 110 Å². The lowest BCUT2D eigenvalue weighted by Gasteiger charge is -2.33. The van der Waals surface area contributed by atoms with Crippen molar-refractivity contribution in [3.8, 4) is 0 Å². The predicted molar refractivity (Wildman–Crippen MR) is 71.5 cm³/mol. The van der Waals surface area contributed by atoms with Gasteiger partial charge in [-0.05, 0) is 57.1 Å². The molecular formula is C15H25NO2. The van der Waals surface area contributed by atoms with Crippen LogP contribution in [0.1, 0.15) is 44.9 Å². The molecule has 0 amide bonds. The van der Waals surface area contributed by atoms with Crippen molar-refractivity contribution in [1.29, 1.82) is 0 Å². The molecule has 1 N–H and O–H groups in total. The van der Waals surface area contributed by atoms with E-state index in [0.29, 0.717) is 12.6 Å². The summed E-state index contributed by atoms with van der Waals surface area (Å²) in [5, 5.41) is 9.65. The summed E-state index contributed by atoms with van der Waals surface area (Å²) in [4.78, 5) is 2.52. The maximum atomic E-state index is 9.65. The maximum absolute atomic E-state index is 9.65. The van der Waals surface area contributed by atoms with Gasteiger partial charge in [-0.25, -0.2) is 0 Å². The highest BCUT2D eigenvalue weighted by Gasteiger charge is 2.48. The predicted octanol–water partition coefficient (Wildman–Crippen LogP) is 2.10. The Bertz CT molecular complexity index is 328. The first-order valence-electron chi connectivity index (χ1n) is 7.47. The summed E-state index contributed by atoms with van der Waals surface area (Å²) in [6.07, 6.45) is 10.9. The summed E-state index contributed by atoms with van der Waals surface area (Å²) >= 11 is 0. The van der Waals surface area contributed by atoms with Gasteiger partial charge in [0.25, 0.3) is 0 Å². The van der Waals surface area contributed by atoms with Crippen LogP contribution < -0.4 is 0 Å². The van der Waals surface area contributed by atoms with Crippen LogP contribution in [0.4, 0.5) is 0 Å². The summed E-state index contributed by atoms with van der Waals surface area (Å²) in [5.41, 5.74) is 1.60. The largest absolute Gasteiger partial charge is 0.394 e. The quantitative estimate of drug-likeness (QED) is 0.760. The Hall–Kier alpha value is -0.380. The highest BCUT2D eigenvalue weighted by molar-refractivity contribution is 5.08. The van der Waals surface area contributed by atoms with Crippen molar-refractivity contribution < 1.29 is 9.84 Å². The Morgan fingerprint density at radius 3 is 3.11 bits per heavy atom. The van der Waals surface area contributed by atoms with Gasteiger partial charge in [0.15, 0.2) is 0 Å². The molecule has 2 fully saturated rings. The minimum absolute atomic E-state index is 0.112. The number of aliphatic hydroxyl groups is 1. The van der Waals surface area contributed by atoms with Crippen molar-refractivity contribution >= 4 is 0 Å². The van der Waals surface area contributed by atoms with E-state index in [2.05, 4.69) is 11.0 Å². The van der Waals surface area contributed by atoms with E-state index < -0.39 is 0 Å². The summed E-state index contributed by atoms with van der Waals surface area (Å²) in [6.45, 7) is 3.15. The maximum Gasteiger partial charge on any atom is 0.0677 e. The van der Waals surface area contributed by atoms with Crippen LogP contribution in [0.25, 0.3) is 0 Å². The van der Waals surface area contributed by atoms with Crippen molar-refractivity contribution in [2.45, 2.75) is 56.5 Å². The zero-order valence-corrected chi connectivity index (χ0v) is 11.2. The topological polar surface area (TPSA) is 32.7 Å². The number of hydrogen-bond acceptors (Lipinski definition) is 3. The standard InChI is InChI=1S/C15H25NO2/c17-12-15-7-3-9-16(15)14(6-8-15)11-18-10-13-4-1-2-5-13/h4,14,17H,1-3,5-12H2/t14-,15-/m0/s1. The van der Waals surface area contributed by atoms with Gasteiger partial charge in [0.05, 0.1) is 19.8 Å². The number of nitrogens with zero attached hydrogens (tertiary/aromatic N) is 1. The molecule has 0 bridgehead atoms. The molecule has 18 heavy (non-hydrogen) atoms. The first-order valence-corrected chi connectivity index (χ1v) is 7.47. The molecule has 0 aromatic carbocycles. The van der Waals surface area contributed by atoms with Crippen molar-refractivity contribution in [2.24, 2.45) is 0 Å². The van der Waals surface area contributed by atoms with Crippen LogP contribution in [0.2, 0.25) is 0 Å². The van der Waals surface area contributed by atoms with Gasteiger partial charge in [-0.2, -0.15) is 0 Å². The fraction of sp³-hybridized carbons (Fsp3) is 0.867. The molecule has 3 rings (SSSR count). The summed E-state index contributed by atoms with van der Waals surface area (Å²) in [7, 11) is 0. The third kappa shape index (κ3) is 2.24. The average molecular weight is 251 g/mol. The van der Waals surface area contributed by atoms with Crippen LogP contribution in [0.5, 0.6) is 0 Å². The molecule has 3 nitrogen and oxygen atoms in total. The molecule has 2 atom stereocenters. The average Bonchev–Trinajstić information content (AvgIpc) is 3.06. The lowest BCUT2D eigenvalue weighted by atomic mass is 9.95. The molecular weight excluding hydrogens is 226 g/mol. The van der Waals surface area contributed by atoms with Gasteiger partial charge in [0.2, 0.25) is 0 Å². The zero-order valence-electron chi connectivity index (χ0n) is 11.2. The van der Waals surface area contributed by atoms with Crippen LogP contribution in [-0.2, 0) is 4.74 Å². The van der Waals surface area contributed by atoms with Gasteiger partial charge in [-0.3, -0.25) is 4.90 Å². The lowest BCUT2D eigenvalue weighted by Crippen LogP contribution is -2.46. The molecule has 2 aliphatic heterocycles. The molecule has 0 aromatic rings. The van der Waals surface area contributed by atoms with E-state index in [9.17, 15) is 5.11 Å². The van der Waals surface area contributed by atoms with Crippen molar-refractivity contribution in [3.63, 3.8) is 0 Å². The third-order valence-electron chi connectivity index (χ3n) is 5.06. The van der Waals surface area contributed by atoms with Gasteiger partial charge in [-0.15, -0.1) is 0 Å². The Morgan fingerprint density at radius 1 is 1.39 bits per heavy atom. The normalized spacial score (nSPS) is 36.1. The van der Waals surface area contributed by atoms with E-state index in [1.54, 1.807) is 0 Å². The van der Waals surface area contributed by atoms with Gasteiger partial charge in [-0.1, -0.05) is 6.08 Å². The van der Waals surface area contributed by atoms with Crippen molar-refractivity contribution in [3.05, 3.63) is 11.6 Å². The number of hydrogen-bond donors (Lipinski definition) is 1. The Morgan fingerprint density at radius 2 is 2.33 bits per heavy atom.